The lowest BCUT2D eigenvalue weighted by Gasteiger charge is -2.11. The monoisotopic (exact) mass is 276 g/mol. The first-order chi connectivity index (χ1) is 10.8. The second-order valence-corrected chi connectivity index (χ2v) is 5.32. The van der Waals surface area contributed by atoms with Crippen LogP contribution in [0, 0.1) is 24.7 Å². The maximum Gasteiger partial charge on any atom is 0.0327 e. The number of hydrogen-bond acceptors (Lipinski definition) is 0. The normalized spacial score (nSPS) is 10.6. The summed E-state index contributed by atoms with van der Waals surface area (Å²) in [6.07, 6.45) is 11.4. The predicted octanol–water partition coefficient (Wildman–Crippen LogP) is 5.11. The van der Waals surface area contributed by atoms with E-state index < -0.39 is 0 Å². The van der Waals surface area contributed by atoms with Gasteiger partial charge in [-0.15, -0.1) is 12.8 Å². The Bertz CT molecular complexity index is 1040. The van der Waals surface area contributed by atoms with Crippen LogP contribution in [0.2, 0.25) is 0 Å². The van der Waals surface area contributed by atoms with Gasteiger partial charge in [-0.1, -0.05) is 60.4 Å². The Hall–Kier alpha value is -3.22. The van der Waals surface area contributed by atoms with Crippen molar-refractivity contribution in [2.75, 3.05) is 0 Å². The van der Waals surface area contributed by atoms with E-state index >= 15 is 0 Å². The smallest absolute Gasteiger partial charge is 0.0327 e. The lowest BCUT2D eigenvalue weighted by Crippen LogP contribution is -1.88. The maximum atomic E-state index is 5.72. The molecule has 0 spiro atoms. The largest absolute Gasteiger partial charge is 0.115 e. The predicted molar refractivity (Wildman–Crippen MR) is 94.8 cm³/mol. The highest BCUT2D eigenvalue weighted by molar-refractivity contribution is 6.19. The molecule has 100 valence electrons. The molecule has 0 aliphatic rings. The van der Waals surface area contributed by atoms with E-state index in [1.807, 2.05) is 24.3 Å². The molecule has 0 aliphatic carbocycles. The highest BCUT2D eigenvalue weighted by Gasteiger charge is 2.10. The molecule has 0 aromatic heterocycles. The molecule has 0 nitrogen and oxygen atoms in total. The van der Waals surface area contributed by atoms with Crippen LogP contribution in [0.3, 0.4) is 0 Å². The van der Waals surface area contributed by atoms with Crippen molar-refractivity contribution >= 4 is 32.3 Å². The summed E-state index contributed by atoms with van der Waals surface area (Å²) in [5, 5.41) is 6.79. The van der Waals surface area contributed by atoms with Crippen molar-refractivity contribution in [3.63, 3.8) is 0 Å². The molecule has 0 saturated heterocycles. The van der Waals surface area contributed by atoms with Crippen LogP contribution in [0.15, 0.2) is 60.7 Å². The van der Waals surface area contributed by atoms with E-state index in [2.05, 4.69) is 48.2 Å². The number of rotatable bonds is 0. The van der Waals surface area contributed by atoms with Crippen molar-refractivity contribution in [2.24, 2.45) is 0 Å². The van der Waals surface area contributed by atoms with Crippen LogP contribution >= 0.6 is 0 Å². The van der Waals surface area contributed by atoms with Gasteiger partial charge in [-0.2, -0.15) is 0 Å². The summed E-state index contributed by atoms with van der Waals surface area (Å²) in [6, 6.07) is 20.6. The number of terminal acetylenes is 2. The number of fused-ring (bicyclic) bond motifs is 5. The Morgan fingerprint density at radius 2 is 0.864 bits per heavy atom. The quantitative estimate of drug-likeness (QED) is 0.309. The summed E-state index contributed by atoms with van der Waals surface area (Å²) in [5.41, 5.74) is 1.84. The second kappa shape index (κ2) is 4.66. The molecule has 0 radical (unpaired) electrons. The Morgan fingerprint density at radius 3 is 1.23 bits per heavy atom. The van der Waals surface area contributed by atoms with Gasteiger partial charge in [-0.3, -0.25) is 0 Å². The summed E-state index contributed by atoms with van der Waals surface area (Å²) < 4.78 is 0. The molecule has 0 unspecified atom stereocenters. The molecule has 0 aliphatic heterocycles. The van der Waals surface area contributed by atoms with Crippen LogP contribution in [0.4, 0.5) is 0 Å². The summed E-state index contributed by atoms with van der Waals surface area (Å²) in [4.78, 5) is 0. The van der Waals surface area contributed by atoms with Gasteiger partial charge in [-0.05, 0) is 44.5 Å². The Morgan fingerprint density at radius 1 is 0.500 bits per heavy atom. The molecule has 0 N–H and O–H groups in total. The van der Waals surface area contributed by atoms with Crippen LogP contribution in [0.25, 0.3) is 32.3 Å². The molecule has 0 saturated carbocycles. The van der Waals surface area contributed by atoms with Crippen molar-refractivity contribution in [3.05, 3.63) is 71.8 Å². The van der Waals surface area contributed by atoms with Crippen molar-refractivity contribution in [1.29, 1.82) is 0 Å². The highest BCUT2D eigenvalue weighted by Crippen LogP contribution is 2.34. The van der Waals surface area contributed by atoms with Crippen molar-refractivity contribution in [3.8, 4) is 24.7 Å². The Balaban J connectivity index is 2.38. The summed E-state index contributed by atoms with van der Waals surface area (Å²) in [6.45, 7) is 0. The first kappa shape index (κ1) is 12.5. The zero-order valence-electron chi connectivity index (χ0n) is 11.9. The first-order valence-electron chi connectivity index (χ1n) is 7.14. The van der Waals surface area contributed by atoms with Gasteiger partial charge in [-0.25, -0.2) is 0 Å². The summed E-state index contributed by atoms with van der Waals surface area (Å²) in [7, 11) is 0. The van der Waals surface area contributed by atoms with Gasteiger partial charge >= 0.3 is 0 Å². The molecule has 0 bridgehead atoms. The fourth-order valence-corrected chi connectivity index (χ4v) is 3.19. The van der Waals surface area contributed by atoms with Gasteiger partial charge in [0.05, 0.1) is 0 Å². The third-order valence-electron chi connectivity index (χ3n) is 4.19. The average molecular weight is 276 g/mol. The molecule has 0 fully saturated rings. The van der Waals surface area contributed by atoms with Gasteiger partial charge in [0.1, 0.15) is 0 Å². The lowest BCUT2D eigenvalue weighted by molar-refractivity contribution is 1.72. The fourth-order valence-electron chi connectivity index (χ4n) is 3.19. The zero-order chi connectivity index (χ0) is 15.1. The second-order valence-electron chi connectivity index (χ2n) is 5.32. The van der Waals surface area contributed by atoms with Gasteiger partial charge in [0, 0.05) is 11.1 Å². The molecule has 0 heteroatoms. The molecule has 4 aromatic carbocycles. The number of benzene rings is 4. The molecule has 4 rings (SSSR count). The summed E-state index contributed by atoms with van der Waals surface area (Å²) in [5.74, 6) is 5.63. The first-order valence-corrected chi connectivity index (χ1v) is 7.14. The van der Waals surface area contributed by atoms with Crippen molar-refractivity contribution < 1.29 is 0 Å². The van der Waals surface area contributed by atoms with E-state index in [1.54, 1.807) is 0 Å². The fraction of sp³-hybridized carbons (Fsp3) is 0. The molecule has 0 atom stereocenters. The van der Waals surface area contributed by atoms with Gasteiger partial charge in [0.25, 0.3) is 0 Å². The van der Waals surface area contributed by atoms with Crippen LogP contribution in [-0.4, -0.2) is 0 Å². The highest BCUT2D eigenvalue weighted by atomic mass is 14.1. The maximum absolute atomic E-state index is 5.72. The van der Waals surface area contributed by atoms with Crippen LogP contribution in [-0.2, 0) is 0 Å². The molecule has 0 heterocycles. The van der Waals surface area contributed by atoms with E-state index in [9.17, 15) is 0 Å². The van der Waals surface area contributed by atoms with Crippen molar-refractivity contribution in [1.82, 2.24) is 0 Å². The van der Waals surface area contributed by atoms with Gasteiger partial charge < -0.3 is 0 Å². The van der Waals surface area contributed by atoms with E-state index in [0.717, 1.165) is 43.4 Å². The third kappa shape index (κ3) is 1.62. The topological polar surface area (TPSA) is 0 Å². The summed E-state index contributed by atoms with van der Waals surface area (Å²) >= 11 is 0. The molecular formula is C22H12. The minimum absolute atomic E-state index is 0.918. The van der Waals surface area contributed by atoms with E-state index in [-0.39, 0.29) is 0 Å². The zero-order valence-corrected chi connectivity index (χ0v) is 11.9. The average Bonchev–Trinajstić information content (AvgIpc) is 2.60. The Kier molecular flexibility index (Phi) is 2.65. The molecule has 22 heavy (non-hydrogen) atoms. The standard InChI is InChI=1S/C22H12/c1-3-15-13-21-20-12-8-6-10-18(20)16(4-2)14-22(21)19-11-7-5-9-17(15)19/h1-2,5-14H. The third-order valence-corrected chi connectivity index (χ3v) is 4.19. The molecular weight excluding hydrogens is 264 g/mol. The van der Waals surface area contributed by atoms with Crippen LogP contribution in [0.5, 0.6) is 0 Å². The van der Waals surface area contributed by atoms with Crippen molar-refractivity contribution in [2.45, 2.75) is 0 Å². The minimum atomic E-state index is 0.918. The molecule has 0 amide bonds. The minimum Gasteiger partial charge on any atom is -0.115 e. The van der Waals surface area contributed by atoms with Gasteiger partial charge in [0.15, 0.2) is 0 Å². The van der Waals surface area contributed by atoms with Crippen LogP contribution in [0.1, 0.15) is 11.1 Å². The van der Waals surface area contributed by atoms with E-state index in [1.165, 1.54) is 0 Å². The lowest BCUT2D eigenvalue weighted by atomic mass is 9.91. The number of hydrogen-bond donors (Lipinski definition) is 0. The molecule has 4 aromatic rings. The van der Waals surface area contributed by atoms with E-state index in [4.69, 9.17) is 12.8 Å². The van der Waals surface area contributed by atoms with E-state index in [0.29, 0.717) is 0 Å². The van der Waals surface area contributed by atoms with Crippen LogP contribution < -0.4 is 0 Å². The Labute approximate surface area is 129 Å². The SMILES string of the molecule is C#Cc1cc2c3ccccc3c(C#C)cc2c2ccccc12. The van der Waals surface area contributed by atoms with Gasteiger partial charge in [0.2, 0.25) is 0 Å².